The van der Waals surface area contributed by atoms with E-state index in [0.29, 0.717) is 17.7 Å². The Morgan fingerprint density at radius 2 is 1.72 bits per heavy atom. The first-order chi connectivity index (χ1) is 13.9. The number of carbonyl (C=O) groups excluding carboxylic acids is 1. The van der Waals surface area contributed by atoms with E-state index in [1.807, 2.05) is 66.9 Å². The number of hydrogen-bond acceptors (Lipinski definition) is 4. The molecule has 0 heterocycles. The topological polar surface area (TPSA) is 82.2 Å². The Kier molecular flexibility index (Phi) is 6.69. The minimum atomic E-state index is -0.125. The first kappa shape index (κ1) is 20.6. The summed E-state index contributed by atoms with van der Waals surface area (Å²) < 4.78 is 2.05. The maximum Gasteiger partial charge on any atom is 0.251 e. The van der Waals surface area contributed by atoms with E-state index in [2.05, 4.69) is 17.4 Å². The van der Waals surface area contributed by atoms with E-state index in [-0.39, 0.29) is 11.7 Å². The predicted molar refractivity (Wildman–Crippen MR) is 120 cm³/mol. The standard InChI is InChI=1S/C23H24N4OS/c1-27(2)29-21-9-4-3-8-20(21)18-6-5-7-19(14-18)23(28)26-15-16-10-12-17(13-11-16)22(24)25/h3-14H,15H2,1-2H3,(H3,24,25)(H,26,28). The van der Waals surface area contributed by atoms with E-state index >= 15 is 0 Å². The van der Waals surface area contributed by atoms with Gasteiger partial charge in [-0.2, -0.15) is 0 Å². The molecule has 0 atom stereocenters. The molecule has 0 bridgehead atoms. The van der Waals surface area contributed by atoms with Gasteiger partial charge >= 0.3 is 0 Å². The van der Waals surface area contributed by atoms with Crippen molar-refractivity contribution in [1.29, 1.82) is 5.41 Å². The Labute approximate surface area is 175 Å². The molecule has 5 nitrogen and oxygen atoms in total. The van der Waals surface area contributed by atoms with Crippen LogP contribution >= 0.6 is 11.9 Å². The summed E-state index contributed by atoms with van der Waals surface area (Å²) in [5.74, 6) is -0.0923. The molecule has 0 saturated heterocycles. The van der Waals surface area contributed by atoms with Crippen molar-refractivity contribution >= 4 is 23.7 Å². The van der Waals surface area contributed by atoms with E-state index in [1.54, 1.807) is 24.1 Å². The van der Waals surface area contributed by atoms with Crippen LogP contribution in [0.5, 0.6) is 0 Å². The van der Waals surface area contributed by atoms with E-state index in [0.717, 1.165) is 21.6 Å². The number of nitrogens with two attached hydrogens (primary N) is 1. The van der Waals surface area contributed by atoms with Crippen molar-refractivity contribution < 1.29 is 4.79 Å². The molecule has 0 radical (unpaired) electrons. The lowest BCUT2D eigenvalue weighted by Gasteiger charge is -2.14. The van der Waals surface area contributed by atoms with E-state index in [1.165, 1.54) is 0 Å². The Balaban J connectivity index is 1.74. The highest BCUT2D eigenvalue weighted by molar-refractivity contribution is 7.97. The van der Waals surface area contributed by atoms with Gasteiger partial charge in [0.25, 0.3) is 5.91 Å². The van der Waals surface area contributed by atoms with E-state index in [4.69, 9.17) is 11.1 Å². The second kappa shape index (κ2) is 9.41. The highest BCUT2D eigenvalue weighted by Crippen LogP contribution is 2.32. The SMILES string of the molecule is CN(C)Sc1ccccc1-c1cccc(C(=O)NCc2ccc(C(=N)N)cc2)c1. The molecule has 0 aliphatic rings. The smallest absolute Gasteiger partial charge is 0.251 e. The molecule has 1 amide bonds. The lowest BCUT2D eigenvalue weighted by atomic mass is 10.0. The molecular weight excluding hydrogens is 380 g/mol. The Bertz CT molecular complexity index is 1020. The van der Waals surface area contributed by atoms with Gasteiger partial charge in [-0.15, -0.1) is 0 Å². The number of amides is 1. The number of rotatable bonds is 7. The Morgan fingerprint density at radius 1 is 1.00 bits per heavy atom. The normalized spacial score (nSPS) is 10.7. The van der Waals surface area contributed by atoms with Crippen molar-refractivity contribution in [3.05, 3.63) is 89.5 Å². The van der Waals surface area contributed by atoms with Gasteiger partial charge < -0.3 is 11.1 Å². The van der Waals surface area contributed by atoms with Crippen molar-refractivity contribution in [2.45, 2.75) is 11.4 Å². The van der Waals surface area contributed by atoms with Crippen molar-refractivity contribution in [2.75, 3.05) is 14.1 Å². The van der Waals surface area contributed by atoms with Gasteiger partial charge in [-0.05, 0) is 60.9 Å². The van der Waals surface area contributed by atoms with Crippen LogP contribution in [-0.2, 0) is 6.54 Å². The molecule has 0 aliphatic carbocycles. The fourth-order valence-electron chi connectivity index (χ4n) is 2.90. The summed E-state index contributed by atoms with van der Waals surface area (Å²) in [6, 6.07) is 23.1. The maximum absolute atomic E-state index is 12.7. The zero-order valence-corrected chi connectivity index (χ0v) is 17.3. The van der Waals surface area contributed by atoms with E-state index < -0.39 is 0 Å². The van der Waals surface area contributed by atoms with Gasteiger partial charge in [0.1, 0.15) is 5.84 Å². The molecule has 0 unspecified atom stereocenters. The van der Waals surface area contributed by atoms with Crippen molar-refractivity contribution in [3.63, 3.8) is 0 Å². The Morgan fingerprint density at radius 3 is 2.41 bits per heavy atom. The van der Waals surface area contributed by atoms with E-state index in [9.17, 15) is 4.79 Å². The third-order valence-corrected chi connectivity index (χ3v) is 5.24. The molecule has 29 heavy (non-hydrogen) atoms. The molecule has 0 aliphatic heterocycles. The number of nitrogens with zero attached hydrogens (tertiary/aromatic N) is 1. The fraction of sp³-hybridized carbons (Fsp3) is 0.130. The number of amidine groups is 1. The van der Waals surface area contributed by atoms with Gasteiger partial charge in [0.2, 0.25) is 0 Å². The third-order valence-electron chi connectivity index (χ3n) is 4.32. The van der Waals surface area contributed by atoms with Crippen LogP contribution < -0.4 is 11.1 Å². The molecule has 6 heteroatoms. The van der Waals surface area contributed by atoms with Crippen LogP contribution in [-0.4, -0.2) is 30.1 Å². The highest BCUT2D eigenvalue weighted by atomic mass is 32.2. The van der Waals surface area contributed by atoms with Gasteiger partial charge in [-0.3, -0.25) is 14.5 Å². The molecule has 3 aromatic carbocycles. The van der Waals surface area contributed by atoms with Crippen LogP contribution in [0.25, 0.3) is 11.1 Å². The van der Waals surface area contributed by atoms with Crippen LogP contribution in [0.15, 0.2) is 77.7 Å². The number of nitrogen functional groups attached to an aromatic ring is 1. The van der Waals surface area contributed by atoms with Gasteiger partial charge in [0, 0.05) is 22.6 Å². The van der Waals surface area contributed by atoms with Crippen molar-refractivity contribution in [1.82, 2.24) is 9.62 Å². The summed E-state index contributed by atoms with van der Waals surface area (Å²) in [7, 11) is 4.02. The third kappa shape index (κ3) is 5.47. The quantitative estimate of drug-likeness (QED) is 0.314. The minimum Gasteiger partial charge on any atom is -0.384 e. The maximum atomic E-state index is 12.7. The molecule has 148 valence electrons. The number of nitrogens with one attached hydrogen (secondary N) is 2. The lowest BCUT2D eigenvalue weighted by molar-refractivity contribution is 0.0951. The molecule has 0 fully saturated rings. The second-order valence-electron chi connectivity index (χ2n) is 6.77. The largest absolute Gasteiger partial charge is 0.384 e. The summed E-state index contributed by atoms with van der Waals surface area (Å²) in [6.45, 7) is 0.411. The zero-order chi connectivity index (χ0) is 20.8. The number of carbonyl (C=O) groups is 1. The van der Waals surface area contributed by atoms with Gasteiger partial charge in [-0.25, -0.2) is 0 Å². The second-order valence-corrected chi connectivity index (χ2v) is 8.13. The molecule has 4 N–H and O–H groups in total. The van der Waals surface area contributed by atoms with Crippen LogP contribution in [0.3, 0.4) is 0 Å². The van der Waals surface area contributed by atoms with Crippen molar-refractivity contribution in [3.8, 4) is 11.1 Å². The Hall–Kier alpha value is -3.09. The lowest BCUT2D eigenvalue weighted by Crippen LogP contribution is -2.22. The monoisotopic (exact) mass is 404 g/mol. The molecule has 0 saturated carbocycles. The number of benzene rings is 3. The van der Waals surface area contributed by atoms with Crippen LogP contribution in [0, 0.1) is 5.41 Å². The molecular formula is C23H24N4OS. The summed E-state index contributed by atoms with van der Waals surface area (Å²) in [5.41, 5.74) is 9.81. The summed E-state index contributed by atoms with van der Waals surface area (Å²) in [4.78, 5) is 13.8. The summed E-state index contributed by atoms with van der Waals surface area (Å²) >= 11 is 1.65. The molecule has 3 rings (SSSR count). The van der Waals surface area contributed by atoms with Gasteiger partial charge in [0.15, 0.2) is 0 Å². The van der Waals surface area contributed by atoms with Crippen molar-refractivity contribution in [2.24, 2.45) is 5.73 Å². The highest BCUT2D eigenvalue weighted by Gasteiger charge is 2.10. The summed E-state index contributed by atoms with van der Waals surface area (Å²) in [6.07, 6.45) is 0. The molecule has 3 aromatic rings. The predicted octanol–water partition coefficient (Wildman–Crippen LogP) is 4.14. The van der Waals surface area contributed by atoms with Crippen LogP contribution in [0.2, 0.25) is 0 Å². The summed E-state index contributed by atoms with van der Waals surface area (Å²) in [5, 5.41) is 10.4. The van der Waals surface area contributed by atoms with Gasteiger partial charge in [-0.1, -0.05) is 54.6 Å². The minimum absolute atomic E-state index is 0.0325. The van der Waals surface area contributed by atoms with Crippen LogP contribution in [0.4, 0.5) is 0 Å². The first-order valence-electron chi connectivity index (χ1n) is 9.20. The zero-order valence-electron chi connectivity index (χ0n) is 16.5. The van der Waals surface area contributed by atoms with Gasteiger partial charge in [0.05, 0.1) is 0 Å². The average molecular weight is 405 g/mol. The fourth-order valence-corrected chi connectivity index (χ4v) is 3.71. The molecule has 0 spiro atoms. The number of hydrogen-bond donors (Lipinski definition) is 3. The van der Waals surface area contributed by atoms with Crippen LogP contribution in [0.1, 0.15) is 21.5 Å². The average Bonchev–Trinajstić information content (AvgIpc) is 2.72. The first-order valence-corrected chi connectivity index (χ1v) is 9.97. The molecule has 0 aromatic heterocycles.